The van der Waals surface area contributed by atoms with Crippen LogP contribution in [0.5, 0.6) is 5.75 Å². The van der Waals surface area contributed by atoms with E-state index in [-0.39, 0.29) is 24.9 Å². The topological polar surface area (TPSA) is 61.9 Å². The maximum absolute atomic E-state index is 12.6. The summed E-state index contributed by atoms with van der Waals surface area (Å²) in [5.74, 6) is 0.193. The van der Waals surface area contributed by atoms with E-state index in [2.05, 4.69) is 11.9 Å². The molecule has 0 radical (unpaired) electrons. The van der Waals surface area contributed by atoms with Crippen LogP contribution in [0.15, 0.2) is 48.4 Å². The fourth-order valence-corrected chi connectivity index (χ4v) is 3.49. The number of carbonyl (C=O) groups excluding carboxylic acids is 2. The monoisotopic (exact) mass is 421 g/mol. The van der Waals surface area contributed by atoms with Crippen molar-refractivity contribution in [2.24, 2.45) is 0 Å². The number of rotatable bonds is 10. The van der Waals surface area contributed by atoms with Crippen molar-refractivity contribution >= 4 is 40.4 Å². The van der Waals surface area contributed by atoms with Crippen molar-refractivity contribution in [2.45, 2.75) is 6.54 Å². The van der Waals surface area contributed by atoms with E-state index in [4.69, 9.17) is 16.3 Å². The second kappa shape index (κ2) is 10.8. The van der Waals surface area contributed by atoms with E-state index in [1.807, 2.05) is 17.5 Å². The van der Waals surface area contributed by atoms with Crippen molar-refractivity contribution in [2.75, 3.05) is 39.1 Å². The number of hydrogen-bond donors (Lipinski definition) is 1. The highest BCUT2D eigenvalue weighted by molar-refractivity contribution is 7.09. The predicted octanol–water partition coefficient (Wildman–Crippen LogP) is 3.50. The van der Waals surface area contributed by atoms with E-state index >= 15 is 0 Å². The number of benzene rings is 1. The molecule has 0 aliphatic heterocycles. The van der Waals surface area contributed by atoms with Crippen LogP contribution in [0.3, 0.4) is 0 Å². The van der Waals surface area contributed by atoms with Gasteiger partial charge in [0, 0.05) is 16.4 Å². The van der Waals surface area contributed by atoms with E-state index in [0.29, 0.717) is 29.5 Å². The van der Waals surface area contributed by atoms with Gasteiger partial charge in [0.25, 0.3) is 0 Å². The Bertz CT molecular complexity index is 811. The zero-order chi connectivity index (χ0) is 20.5. The Morgan fingerprint density at radius 2 is 2.11 bits per heavy atom. The molecule has 1 aromatic carbocycles. The zero-order valence-electron chi connectivity index (χ0n) is 16.0. The van der Waals surface area contributed by atoms with Crippen LogP contribution in [0.2, 0.25) is 5.02 Å². The third-order valence-corrected chi connectivity index (χ3v) is 4.98. The minimum Gasteiger partial charge on any atom is -0.495 e. The van der Waals surface area contributed by atoms with Gasteiger partial charge in [0.05, 0.1) is 32.4 Å². The maximum Gasteiger partial charge on any atom is 0.238 e. The van der Waals surface area contributed by atoms with Crippen LogP contribution in [0.1, 0.15) is 4.88 Å². The number of nitrogens with zero attached hydrogens (tertiary/aromatic N) is 2. The van der Waals surface area contributed by atoms with Crippen molar-refractivity contribution in [3.05, 3.63) is 58.3 Å². The van der Waals surface area contributed by atoms with Crippen LogP contribution in [0.4, 0.5) is 5.69 Å². The Balaban J connectivity index is 1.91. The number of amides is 2. The molecule has 0 unspecified atom stereocenters. The van der Waals surface area contributed by atoms with Crippen molar-refractivity contribution < 1.29 is 14.3 Å². The summed E-state index contributed by atoms with van der Waals surface area (Å²) in [5.41, 5.74) is 0.491. The van der Waals surface area contributed by atoms with Crippen LogP contribution in [-0.2, 0) is 16.1 Å². The van der Waals surface area contributed by atoms with Gasteiger partial charge in [-0.1, -0.05) is 23.7 Å². The van der Waals surface area contributed by atoms with Crippen molar-refractivity contribution in [1.82, 2.24) is 9.80 Å². The Morgan fingerprint density at radius 1 is 1.32 bits per heavy atom. The smallest absolute Gasteiger partial charge is 0.238 e. The number of thiophene rings is 1. The minimum atomic E-state index is -0.260. The third kappa shape index (κ3) is 6.67. The molecule has 1 heterocycles. The average molecular weight is 422 g/mol. The molecule has 28 heavy (non-hydrogen) atoms. The quantitative estimate of drug-likeness (QED) is 0.596. The number of likely N-dealkylation sites (N-methyl/N-ethyl adjacent to an activating group) is 1. The lowest BCUT2D eigenvalue weighted by Crippen LogP contribution is -2.41. The molecule has 0 atom stereocenters. The number of methoxy groups -OCH3 is 1. The van der Waals surface area contributed by atoms with Crippen LogP contribution < -0.4 is 10.1 Å². The van der Waals surface area contributed by atoms with Gasteiger partial charge in [-0.2, -0.15) is 0 Å². The lowest BCUT2D eigenvalue weighted by atomic mass is 10.3. The van der Waals surface area contributed by atoms with Gasteiger partial charge in [0.15, 0.2) is 0 Å². The van der Waals surface area contributed by atoms with E-state index in [1.165, 1.54) is 7.11 Å². The van der Waals surface area contributed by atoms with Gasteiger partial charge in [-0.3, -0.25) is 14.5 Å². The van der Waals surface area contributed by atoms with Gasteiger partial charge in [0.1, 0.15) is 5.75 Å². The van der Waals surface area contributed by atoms with Gasteiger partial charge < -0.3 is 15.0 Å². The van der Waals surface area contributed by atoms with Crippen LogP contribution in [-0.4, -0.2) is 55.4 Å². The molecule has 0 saturated heterocycles. The number of anilines is 1. The van der Waals surface area contributed by atoms with Gasteiger partial charge in [0.2, 0.25) is 11.8 Å². The second-order valence-corrected chi connectivity index (χ2v) is 7.68. The molecular formula is C20H24ClN3O3S. The lowest BCUT2D eigenvalue weighted by molar-refractivity contribution is -0.132. The van der Waals surface area contributed by atoms with Crippen molar-refractivity contribution in [3.8, 4) is 5.75 Å². The molecule has 0 spiro atoms. The van der Waals surface area contributed by atoms with Crippen LogP contribution in [0.25, 0.3) is 0 Å². The standard InChI is InChI=1S/C20H24ClN3O3S/c1-4-9-24(12-16-6-5-10-28-16)20(26)14-23(2)13-19(25)22-17-11-15(21)7-8-18(17)27-3/h4-8,10-11H,1,9,12-14H2,2-3H3,(H,22,25). The third-order valence-electron chi connectivity index (χ3n) is 3.88. The minimum absolute atomic E-state index is 0.0579. The van der Waals surface area contributed by atoms with Crippen molar-refractivity contribution in [1.29, 1.82) is 0 Å². The number of nitrogens with one attached hydrogen (secondary N) is 1. The van der Waals surface area contributed by atoms with E-state index in [9.17, 15) is 9.59 Å². The first-order valence-corrected chi connectivity index (χ1v) is 9.91. The van der Waals surface area contributed by atoms with Gasteiger partial charge >= 0.3 is 0 Å². The summed E-state index contributed by atoms with van der Waals surface area (Å²) in [6.45, 7) is 4.89. The molecule has 2 aromatic rings. The normalized spacial score (nSPS) is 10.6. The maximum atomic E-state index is 12.6. The Hall–Kier alpha value is -2.35. The largest absolute Gasteiger partial charge is 0.495 e. The summed E-state index contributed by atoms with van der Waals surface area (Å²) in [5, 5.41) is 5.24. The predicted molar refractivity (Wildman–Crippen MR) is 114 cm³/mol. The van der Waals surface area contributed by atoms with Gasteiger partial charge in [-0.25, -0.2) is 0 Å². The molecule has 6 nitrogen and oxygen atoms in total. The summed E-state index contributed by atoms with van der Waals surface area (Å²) >= 11 is 7.58. The van der Waals surface area contributed by atoms with Crippen LogP contribution in [0, 0.1) is 0 Å². The first-order valence-electron chi connectivity index (χ1n) is 8.66. The van der Waals surface area contributed by atoms with Crippen LogP contribution >= 0.6 is 22.9 Å². The van der Waals surface area contributed by atoms with Gasteiger partial charge in [-0.15, -0.1) is 17.9 Å². The first-order chi connectivity index (χ1) is 13.4. The number of carbonyl (C=O) groups is 2. The molecular weight excluding hydrogens is 398 g/mol. The second-order valence-electron chi connectivity index (χ2n) is 6.21. The fraction of sp³-hybridized carbons (Fsp3) is 0.300. The van der Waals surface area contributed by atoms with E-state index < -0.39 is 0 Å². The zero-order valence-corrected chi connectivity index (χ0v) is 17.6. The molecule has 0 aliphatic rings. The highest BCUT2D eigenvalue weighted by Crippen LogP contribution is 2.27. The molecule has 150 valence electrons. The molecule has 1 N–H and O–H groups in total. The number of ether oxygens (including phenoxy) is 1. The summed E-state index contributed by atoms with van der Waals surface area (Å²) in [6, 6.07) is 8.93. The number of halogens is 1. The molecule has 8 heteroatoms. The molecule has 2 amide bonds. The van der Waals surface area contributed by atoms with E-state index in [1.54, 1.807) is 52.5 Å². The molecule has 2 rings (SSSR count). The highest BCUT2D eigenvalue weighted by atomic mass is 35.5. The average Bonchev–Trinajstić information content (AvgIpc) is 3.14. The highest BCUT2D eigenvalue weighted by Gasteiger charge is 2.17. The molecule has 0 bridgehead atoms. The molecule has 0 fully saturated rings. The van der Waals surface area contributed by atoms with Gasteiger partial charge in [-0.05, 0) is 36.7 Å². The number of hydrogen-bond acceptors (Lipinski definition) is 5. The molecule has 0 aliphatic carbocycles. The first kappa shape index (κ1) is 21.9. The molecule has 0 saturated carbocycles. The van der Waals surface area contributed by atoms with E-state index in [0.717, 1.165) is 4.88 Å². The Morgan fingerprint density at radius 3 is 2.75 bits per heavy atom. The SMILES string of the molecule is C=CCN(Cc1cccs1)C(=O)CN(C)CC(=O)Nc1cc(Cl)ccc1OC. The summed E-state index contributed by atoms with van der Waals surface area (Å²) < 4.78 is 5.22. The summed E-state index contributed by atoms with van der Waals surface area (Å²) in [7, 11) is 3.25. The Kier molecular flexibility index (Phi) is 8.50. The molecule has 1 aromatic heterocycles. The summed E-state index contributed by atoms with van der Waals surface area (Å²) in [6.07, 6.45) is 1.70. The summed E-state index contributed by atoms with van der Waals surface area (Å²) in [4.78, 5) is 29.5. The fourth-order valence-electron chi connectivity index (χ4n) is 2.60. The lowest BCUT2D eigenvalue weighted by Gasteiger charge is -2.24. The van der Waals surface area contributed by atoms with Crippen molar-refractivity contribution in [3.63, 3.8) is 0 Å². The Labute approximate surface area is 174 Å².